The number of nitrogens with zero attached hydrogens (tertiary/aromatic N) is 3. The molecule has 0 spiro atoms. The Morgan fingerprint density at radius 3 is 2.60 bits per heavy atom. The maximum atomic E-state index is 5.42. The van der Waals surface area contributed by atoms with Gasteiger partial charge in [-0.2, -0.15) is 5.10 Å². The second-order valence-electron chi connectivity index (χ2n) is 3.18. The van der Waals surface area contributed by atoms with E-state index in [0.717, 1.165) is 26.3 Å². The highest BCUT2D eigenvalue weighted by molar-refractivity contribution is 4.77. The van der Waals surface area contributed by atoms with Crippen LogP contribution in [0.5, 0.6) is 0 Å². The maximum Gasteiger partial charge on any atom is 0.0663 e. The number of hydrogen-bond donors (Lipinski definition) is 1. The number of rotatable bonds is 6. The molecule has 0 aliphatic heterocycles. The van der Waals surface area contributed by atoms with Crippen LogP contribution in [0, 0.1) is 0 Å². The van der Waals surface area contributed by atoms with E-state index in [1.54, 1.807) is 6.20 Å². The second kappa shape index (κ2) is 9.64. The van der Waals surface area contributed by atoms with Gasteiger partial charge >= 0.3 is 0 Å². The van der Waals surface area contributed by atoms with Crippen molar-refractivity contribution < 1.29 is 4.74 Å². The van der Waals surface area contributed by atoms with Gasteiger partial charge in [-0.1, -0.05) is 0 Å². The van der Waals surface area contributed by atoms with Crippen LogP contribution in [0.3, 0.4) is 0 Å². The molecule has 5 nitrogen and oxygen atoms in total. The number of aromatic nitrogens is 2. The van der Waals surface area contributed by atoms with Gasteiger partial charge in [-0.05, 0) is 27.2 Å². The summed E-state index contributed by atoms with van der Waals surface area (Å²) < 4.78 is 7.29. The Bertz CT molecular complexity index is 211. The van der Waals surface area contributed by atoms with Crippen molar-refractivity contribution in [1.82, 2.24) is 14.7 Å². The Balaban J connectivity index is 0.000000921. The van der Waals surface area contributed by atoms with Gasteiger partial charge in [0.05, 0.1) is 19.8 Å². The van der Waals surface area contributed by atoms with Crippen molar-refractivity contribution in [3.05, 3.63) is 18.5 Å². The number of likely N-dealkylation sites (N-methyl/N-ethyl adjacent to an activating group) is 1. The fourth-order valence-electron chi connectivity index (χ4n) is 0.940. The Morgan fingerprint density at radius 1 is 1.33 bits per heavy atom. The lowest BCUT2D eigenvalue weighted by molar-refractivity contribution is 0.109. The van der Waals surface area contributed by atoms with E-state index in [2.05, 4.69) is 15.7 Å². The van der Waals surface area contributed by atoms with Crippen LogP contribution in [-0.4, -0.2) is 55.6 Å². The quantitative estimate of drug-likeness (QED) is 0.679. The van der Waals surface area contributed by atoms with Crippen LogP contribution in [0.2, 0.25) is 0 Å². The van der Waals surface area contributed by atoms with Crippen LogP contribution in [0.1, 0.15) is 0 Å². The standard InChI is InChI=1S/C9H17N3O.CH5N/c1-11(2)6-8-13-9-7-12-5-3-4-10-12;1-2/h3-5H,6-9H2,1-2H3;2H2,1H3. The summed E-state index contributed by atoms with van der Waals surface area (Å²) in [6.07, 6.45) is 3.72. The predicted octanol–water partition coefficient (Wildman–Crippen LogP) is 0.0362. The molecule has 1 aromatic heterocycles. The zero-order valence-electron chi connectivity index (χ0n) is 9.89. The van der Waals surface area contributed by atoms with Crippen LogP contribution >= 0.6 is 0 Å². The molecule has 0 radical (unpaired) electrons. The molecule has 1 heterocycles. The van der Waals surface area contributed by atoms with E-state index >= 15 is 0 Å². The van der Waals surface area contributed by atoms with Crippen LogP contribution in [-0.2, 0) is 11.3 Å². The van der Waals surface area contributed by atoms with Gasteiger partial charge in [-0.25, -0.2) is 0 Å². The molecule has 1 rings (SSSR count). The summed E-state index contributed by atoms with van der Waals surface area (Å²) in [6, 6.07) is 1.92. The maximum absolute atomic E-state index is 5.42. The van der Waals surface area contributed by atoms with E-state index < -0.39 is 0 Å². The first kappa shape index (κ1) is 14.1. The van der Waals surface area contributed by atoms with Crippen molar-refractivity contribution in [3.63, 3.8) is 0 Å². The highest BCUT2D eigenvalue weighted by Gasteiger charge is 1.92. The zero-order chi connectivity index (χ0) is 11.5. The number of nitrogens with two attached hydrogens (primary N) is 1. The summed E-state index contributed by atoms with van der Waals surface area (Å²) in [4.78, 5) is 2.11. The molecule has 0 unspecified atom stereocenters. The van der Waals surface area contributed by atoms with E-state index in [9.17, 15) is 0 Å². The van der Waals surface area contributed by atoms with Crippen molar-refractivity contribution in [2.75, 3.05) is 40.9 Å². The number of hydrogen-bond acceptors (Lipinski definition) is 4. The summed E-state index contributed by atoms with van der Waals surface area (Å²) in [5.74, 6) is 0. The van der Waals surface area contributed by atoms with Crippen molar-refractivity contribution in [2.45, 2.75) is 6.54 Å². The van der Waals surface area contributed by atoms with E-state index in [0.29, 0.717) is 0 Å². The summed E-state index contributed by atoms with van der Waals surface area (Å²) in [6.45, 7) is 3.32. The minimum Gasteiger partial charge on any atom is -0.378 e. The Labute approximate surface area is 91.8 Å². The van der Waals surface area contributed by atoms with Gasteiger partial charge in [0.15, 0.2) is 0 Å². The molecule has 0 saturated carbocycles. The molecule has 0 fully saturated rings. The fourth-order valence-corrected chi connectivity index (χ4v) is 0.940. The molecule has 5 heteroatoms. The van der Waals surface area contributed by atoms with Crippen molar-refractivity contribution >= 4 is 0 Å². The first-order valence-corrected chi connectivity index (χ1v) is 5.06. The lowest BCUT2D eigenvalue weighted by atomic mass is 10.6. The van der Waals surface area contributed by atoms with Gasteiger partial charge in [0.2, 0.25) is 0 Å². The van der Waals surface area contributed by atoms with Gasteiger partial charge < -0.3 is 15.4 Å². The molecular weight excluding hydrogens is 192 g/mol. The molecule has 88 valence electrons. The zero-order valence-corrected chi connectivity index (χ0v) is 9.89. The second-order valence-corrected chi connectivity index (χ2v) is 3.18. The van der Waals surface area contributed by atoms with Gasteiger partial charge in [-0.15, -0.1) is 0 Å². The topological polar surface area (TPSA) is 56.3 Å². The molecule has 0 bridgehead atoms. The monoisotopic (exact) mass is 214 g/mol. The summed E-state index contributed by atoms with van der Waals surface area (Å²) in [5.41, 5.74) is 4.50. The Hall–Kier alpha value is -0.910. The lowest BCUT2D eigenvalue weighted by Crippen LogP contribution is -2.19. The highest BCUT2D eigenvalue weighted by atomic mass is 16.5. The first-order valence-electron chi connectivity index (χ1n) is 5.06. The molecule has 0 aromatic carbocycles. The van der Waals surface area contributed by atoms with E-state index in [-0.39, 0.29) is 0 Å². The third-order valence-corrected chi connectivity index (χ3v) is 1.71. The molecule has 0 aliphatic carbocycles. The van der Waals surface area contributed by atoms with Gasteiger partial charge in [-0.3, -0.25) is 4.68 Å². The Kier molecular flexibility index (Phi) is 9.05. The van der Waals surface area contributed by atoms with Crippen LogP contribution in [0.25, 0.3) is 0 Å². The third-order valence-electron chi connectivity index (χ3n) is 1.71. The molecule has 0 aliphatic rings. The molecule has 1 aromatic rings. The number of ether oxygens (including phenoxy) is 1. The van der Waals surface area contributed by atoms with Crippen molar-refractivity contribution in [1.29, 1.82) is 0 Å². The Morgan fingerprint density at radius 2 is 2.07 bits per heavy atom. The molecule has 0 saturated heterocycles. The van der Waals surface area contributed by atoms with Gasteiger partial charge in [0.1, 0.15) is 0 Å². The van der Waals surface area contributed by atoms with Crippen LogP contribution < -0.4 is 5.73 Å². The average molecular weight is 214 g/mol. The molecular formula is C10H22N4O. The SMILES string of the molecule is CN.CN(C)CCOCCn1cccn1. The average Bonchev–Trinajstić information content (AvgIpc) is 2.73. The van der Waals surface area contributed by atoms with Crippen molar-refractivity contribution in [2.24, 2.45) is 5.73 Å². The van der Waals surface area contributed by atoms with E-state index in [1.807, 2.05) is 31.0 Å². The lowest BCUT2D eigenvalue weighted by Gasteiger charge is -2.09. The minimum atomic E-state index is 0.732. The molecule has 0 atom stereocenters. The molecule has 0 amide bonds. The third kappa shape index (κ3) is 8.11. The minimum absolute atomic E-state index is 0.732. The predicted molar refractivity (Wildman–Crippen MR) is 61.7 cm³/mol. The van der Waals surface area contributed by atoms with Crippen LogP contribution in [0.15, 0.2) is 18.5 Å². The smallest absolute Gasteiger partial charge is 0.0663 e. The van der Waals surface area contributed by atoms with Crippen molar-refractivity contribution in [3.8, 4) is 0 Å². The fraction of sp³-hybridized carbons (Fsp3) is 0.700. The van der Waals surface area contributed by atoms with E-state index in [4.69, 9.17) is 4.74 Å². The molecule has 15 heavy (non-hydrogen) atoms. The van der Waals surface area contributed by atoms with Gasteiger partial charge in [0.25, 0.3) is 0 Å². The highest BCUT2D eigenvalue weighted by Crippen LogP contribution is 1.85. The summed E-state index contributed by atoms with van der Waals surface area (Å²) in [5, 5.41) is 4.08. The molecule has 2 N–H and O–H groups in total. The normalized spacial score (nSPS) is 9.93. The summed E-state index contributed by atoms with van der Waals surface area (Å²) in [7, 11) is 5.58. The van der Waals surface area contributed by atoms with Gasteiger partial charge in [0, 0.05) is 18.9 Å². The summed E-state index contributed by atoms with van der Waals surface area (Å²) >= 11 is 0. The van der Waals surface area contributed by atoms with Crippen LogP contribution in [0.4, 0.5) is 0 Å². The first-order chi connectivity index (χ1) is 7.29. The van der Waals surface area contributed by atoms with E-state index in [1.165, 1.54) is 7.05 Å². The largest absolute Gasteiger partial charge is 0.378 e.